The smallest absolute Gasteiger partial charge is 0.352 e. The van der Waals surface area contributed by atoms with Crippen molar-refractivity contribution in [2.45, 2.75) is 20.0 Å². The van der Waals surface area contributed by atoms with Gasteiger partial charge in [-0.1, -0.05) is 24.2 Å². The number of carbonyl (C=O) groups is 1. The predicted molar refractivity (Wildman–Crippen MR) is 62.4 cm³/mol. The lowest BCUT2D eigenvalue weighted by atomic mass is 10.3. The number of ether oxygens (including phenoxy) is 2. The Balaban J connectivity index is 2.60. The molecular formula is C12H13ClO3. The monoisotopic (exact) mass is 240 g/mol. The molecule has 0 N–H and O–H groups in total. The summed E-state index contributed by atoms with van der Waals surface area (Å²) in [6.45, 7) is 6.68. The highest BCUT2D eigenvalue weighted by molar-refractivity contribution is 6.30. The van der Waals surface area contributed by atoms with Crippen LogP contribution in [0.5, 0.6) is 5.75 Å². The molecule has 3 nitrogen and oxygen atoms in total. The van der Waals surface area contributed by atoms with E-state index >= 15 is 0 Å². The summed E-state index contributed by atoms with van der Waals surface area (Å²) >= 11 is 5.78. The number of carbonyl (C=O) groups excluding carboxylic acids is 1. The Kier molecular flexibility index (Phi) is 4.38. The van der Waals surface area contributed by atoms with Crippen LogP contribution in [0.15, 0.2) is 36.6 Å². The van der Waals surface area contributed by atoms with Crippen LogP contribution in [0.2, 0.25) is 5.02 Å². The third-order valence-electron chi connectivity index (χ3n) is 1.72. The van der Waals surface area contributed by atoms with Gasteiger partial charge in [0.15, 0.2) is 6.10 Å². The molecule has 0 fully saturated rings. The first-order chi connectivity index (χ1) is 7.49. The molecule has 1 atom stereocenters. The predicted octanol–water partition coefficient (Wildman–Crippen LogP) is 3.18. The van der Waals surface area contributed by atoms with Crippen LogP contribution in [0, 0.1) is 0 Å². The van der Waals surface area contributed by atoms with Crippen molar-refractivity contribution < 1.29 is 14.3 Å². The second kappa shape index (κ2) is 5.56. The molecule has 0 aromatic heterocycles. The minimum absolute atomic E-state index is 0.339. The van der Waals surface area contributed by atoms with Gasteiger partial charge in [-0.25, -0.2) is 4.79 Å². The Hall–Kier alpha value is -1.48. The van der Waals surface area contributed by atoms with Crippen molar-refractivity contribution in [1.82, 2.24) is 0 Å². The maximum atomic E-state index is 11.4. The summed E-state index contributed by atoms with van der Waals surface area (Å²) in [5.41, 5.74) is 0. The van der Waals surface area contributed by atoms with Crippen LogP contribution in [0.25, 0.3) is 0 Å². The van der Waals surface area contributed by atoms with Gasteiger partial charge in [0, 0.05) is 5.02 Å². The van der Waals surface area contributed by atoms with Gasteiger partial charge in [0.2, 0.25) is 0 Å². The van der Waals surface area contributed by atoms with E-state index in [1.807, 2.05) is 0 Å². The van der Waals surface area contributed by atoms with Crippen molar-refractivity contribution in [3.8, 4) is 5.75 Å². The fourth-order valence-corrected chi connectivity index (χ4v) is 1.23. The van der Waals surface area contributed by atoms with Crippen molar-refractivity contribution in [3.63, 3.8) is 0 Å². The van der Waals surface area contributed by atoms with E-state index in [9.17, 15) is 4.79 Å². The van der Waals surface area contributed by atoms with Crippen molar-refractivity contribution >= 4 is 17.6 Å². The van der Waals surface area contributed by atoms with Crippen molar-refractivity contribution in [2.24, 2.45) is 0 Å². The molecule has 0 aliphatic carbocycles. The quantitative estimate of drug-likeness (QED) is 0.599. The summed E-state index contributed by atoms with van der Waals surface area (Å²) in [5, 5.41) is 0.554. The Labute approximate surface area is 99.6 Å². The van der Waals surface area contributed by atoms with E-state index in [2.05, 4.69) is 6.58 Å². The summed E-state index contributed by atoms with van der Waals surface area (Å²) in [6.07, 6.45) is -0.699. The highest BCUT2D eigenvalue weighted by Crippen LogP contribution is 2.18. The minimum atomic E-state index is -0.699. The number of hydrogen-bond acceptors (Lipinski definition) is 3. The molecule has 0 bridgehead atoms. The number of halogens is 1. The molecule has 1 aromatic rings. The van der Waals surface area contributed by atoms with Crippen LogP contribution >= 0.6 is 11.6 Å². The maximum Gasteiger partial charge on any atom is 0.352 e. The molecule has 1 aromatic carbocycles. The van der Waals surface area contributed by atoms with E-state index < -0.39 is 12.1 Å². The first-order valence-electron chi connectivity index (χ1n) is 4.78. The Morgan fingerprint density at radius 3 is 2.75 bits per heavy atom. The SMILES string of the molecule is C=C(C)OC(=O)C(C)Oc1cccc(Cl)c1. The van der Waals surface area contributed by atoms with Crippen LogP contribution in [0.1, 0.15) is 13.8 Å². The minimum Gasteiger partial charge on any atom is -0.479 e. The second-order valence-electron chi connectivity index (χ2n) is 3.34. The van der Waals surface area contributed by atoms with E-state index in [0.29, 0.717) is 16.5 Å². The number of esters is 1. The number of hydrogen-bond donors (Lipinski definition) is 0. The molecule has 86 valence electrons. The molecule has 0 saturated carbocycles. The zero-order valence-electron chi connectivity index (χ0n) is 9.20. The fraction of sp³-hybridized carbons (Fsp3) is 0.250. The second-order valence-corrected chi connectivity index (χ2v) is 3.78. The van der Waals surface area contributed by atoms with Crippen LogP contribution in [0.4, 0.5) is 0 Å². The van der Waals surface area contributed by atoms with Gasteiger partial charge in [-0.05, 0) is 32.0 Å². The third-order valence-corrected chi connectivity index (χ3v) is 1.95. The van der Waals surface area contributed by atoms with Crippen LogP contribution < -0.4 is 4.74 Å². The van der Waals surface area contributed by atoms with Crippen LogP contribution in [-0.2, 0) is 9.53 Å². The van der Waals surface area contributed by atoms with E-state index in [0.717, 1.165) is 0 Å². The standard InChI is InChI=1S/C12H13ClO3/c1-8(2)15-12(14)9(3)16-11-6-4-5-10(13)7-11/h4-7,9H,1H2,2-3H3. The lowest BCUT2D eigenvalue weighted by molar-refractivity contribution is -0.146. The molecule has 0 heterocycles. The van der Waals surface area contributed by atoms with Gasteiger partial charge >= 0.3 is 5.97 Å². The molecule has 16 heavy (non-hydrogen) atoms. The molecule has 0 aliphatic heterocycles. The zero-order valence-corrected chi connectivity index (χ0v) is 9.95. The Bertz CT molecular complexity index is 401. The first kappa shape index (κ1) is 12.6. The van der Waals surface area contributed by atoms with Crippen LogP contribution in [0.3, 0.4) is 0 Å². The first-order valence-corrected chi connectivity index (χ1v) is 5.16. The van der Waals surface area contributed by atoms with Gasteiger partial charge in [-0.15, -0.1) is 0 Å². The average molecular weight is 241 g/mol. The van der Waals surface area contributed by atoms with Crippen LogP contribution in [-0.4, -0.2) is 12.1 Å². The van der Waals surface area contributed by atoms with E-state index in [4.69, 9.17) is 21.1 Å². The molecule has 1 rings (SSSR count). The summed E-state index contributed by atoms with van der Waals surface area (Å²) in [6, 6.07) is 6.82. The van der Waals surface area contributed by atoms with Crippen molar-refractivity contribution in [2.75, 3.05) is 0 Å². The summed E-state index contributed by atoms with van der Waals surface area (Å²) < 4.78 is 10.2. The molecular weight excluding hydrogens is 228 g/mol. The molecule has 4 heteroatoms. The molecule has 0 radical (unpaired) electrons. The largest absolute Gasteiger partial charge is 0.479 e. The highest BCUT2D eigenvalue weighted by Gasteiger charge is 2.16. The van der Waals surface area contributed by atoms with Gasteiger partial charge < -0.3 is 9.47 Å². The van der Waals surface area contributed by atoms with E-state index in [-0.39, 0.29) is 0 Å². The summed E-state index contributed by atoms with van der Waals surface area (Å²) in [4.78, 5) is 11.4. The molecule has 0 aliphatic rings. The fourth-order valence-electron chi connectivity index (χ4n) is 1.05. The normalized spacial score (nSPS) is 11.7. The topological polar surface area (TPSA) is 35.5 Å². The number of allylic oxidation sites excluding steroid dienone is 1. The highest BCUT2D eigenvalue weighted by atomic mass is 35.5. The van der Waals surface area contributed by atoms with Gasteiger partial charge in [0.05, 0.1) is 5.76 Å². The third kappa shape index (κ3) is 3.95. The lowest BCUT2D eigenvalue weighted by Crippen LogP contribution is -2.25. The number of rotatable bonds is 4. The Morgan fingerprint density at radius 2 is 2.19 bits per heavy atom. The Morgan fingerprint density at radius 1 is 1.50 bits per heavy atom. The zero-order chi connectivity index (χ0) is 12.1. The summed E-state index contributed by atoms with van der Waals surface area (Å²) in [7, 11) is 0. The molecule has 1 unspecified atom stereocenters. The molecule has 0 spiro atoms. The van der Waals surface area contributed by atoms with Crippen molar-refractivity contribution in [1.29, 1.82) is 0 Å². The lowest BCUT2D eigenvalue weighted by Gasteiger charge is -2.13. The molecule has 0 saturated heterocycles. The average Bonchev–Trinajstić information content (AvgIpc) is 2.16. The number of benzene rings is 1. The van der Waals surface area contributed by atoms with Gasteiger partial charge in [-0.2, -0.15) is 0 Å². The van der Waals surface area contributed by atoms with Gasteiger partial charge in [0.1, 0.15) is 5.75 Å². The summed E-state index contributed by atoms with van der Waals surface area (Å²) in [5.74, 6) is 0.387. The van der Waals surface area contributed by atoms with Gasteiger partial charge in [0.25, 0.3) is 0 Å². The van der Waals surface area contributed by atoms with E-state index in [1.54, 1.807) is 38.1 Å². The van der Waals surface area contributed by atoms with Gasteiger partial charge in [-0.3, -0.25) is 0 Å². The van der Waals surface area contributed by atoms with E-state index in [1.165, 1.54) is 0 Å². The maximum absolute atomic E-state index is 11.4. The molecule has 0 amide bonds. The van der Waals surface area contributed by atoms with Crippen molar-refractivity contribution in [3.05, 3.63) is 41.6 Å².